The highest BCUT2D eigenvalue weighted by atomic mass is 16.5. The van der Waals surface area contributed by atoms with Crippen LogP contribution in [0.1, 0.15) is 10.4 Å². The SMILES string of the molecule is COc1ccc(C=O)cc1-c1c(OC)cccc1OC. The third-order valence-corrected chi connectivity index (χ3v) is 3.06. The van der Waals surface area contributed by atoms with Gasteiger partial charge in [-0.05, 0) is 30.3 Å². The number of rotatable bonds is 5. The lowest BCUT2D eigenvalue weighted by Gasteiger charge is -2.16. The van der Waals surface area contributed by atoms with Gasteiger partial charge in [-0.1, -0.05) is 6.07 Å². The molecule has 0 fully saturated rings. The second kappa shape index (κ2) is 6.10. The summed E-state index contributed by atoms with van der Waals surface area (Å²) in [6, 6.07) is 10.7. The molecule has 0 aliphatic heterocycles. The zero-order valence-electron chi connectivity index (χ0n) is 11.7. The number of methoxy groups -OCH3 is 3. The third kappa shape index (κ3) is 2.45. The first-order chi connectivity index (χ1) is 9.74. The predicted octanol–water partition coefficient (Wildman–Crippen LogP) is 3.19. The molecular weight excluding hydrogens is 256 g/mol. The Bertz CT molecular complexity index is 598. The van der Waals surface area contributed by atoms with E-state index in [9.17, 15) is 4.79 Å². The number of hydrogen-bond acceptors (Lipinski definition) is 4. The maximum absolute atomic E-state index is 11.0. The first kappa shape index (κ1) is 13.9. The normalized spacial score (nSPS) is 9.95. The fraction of sp³-hybridized carbons (Fsp3) is 0.188. The van der Waals surface area contributed by atoms with Crippen LogP contribution in [0.4, 0.5) is 0 Å². The Kier molecular flexibility index (Phi) is 4.25. The zero-order valence-corrected chi connectivity index (χ0v) is 11.7. The molecule has 2 rings (SSSR count). The molecule has 0 bridgehead atoms. The van der Waals surface area contributed by atoms with Gasteiger partial charge in [0.15, 0.2) is 0 Å². The van der Waals surface area contributed by atoms with E-state index >= 15 is 0 Å². The molecule has 4 nitrogen and oxygen atoms in total. The highest BCUT2D eigenvalue weighted by Crippen LogP contribution is 2.42. The van der Waals surface area contributed by atoms with Crippen LogP contribution in [0.25, 0.3) is 11.1 Å². The molecule has 0 unspecified atom stereocenters. The number of aldehydes is 1. The number of carbonyl (C=O) groups is 1. The monoisotopic (exact) mass is 272 g/mol. The molecule has 2 aromatic rings. The summed E-state index contributed by atoms with van der Waals surface area (Å²) in [6.45, 7) is 0. The van der Waals surface area contributed by atoms with Crippen LogP contribution in [0.5, 0.6) is 17.2 Å². The van der Waals surface area contributed by atoms with E-state index in [1.807, 2.05) is 18.2 Å². The quantitative estimate of drug-likeness (QED) is 0.784. The van der Waals surface area contributed by atoms with Crippen molar-refractivity contribution in [3.63, 3.8) is 0 Å². The van der Waals surface area contributed by atoms with Gasteiger partial charge in [0, 0.05) is 11.1 Å². The summed E-state index contributed by atoms with van der Waals surface area (Å²) in [4.78, 5) is 11.0. The lowest BCUT2D eigenvalue weighted by molar-refractivity contribution is 0.112. The zero-order chi connectivity index (χ0) is 14.5. The second-order valence-corrected chi connectivity index (χ2v) is 4.12. The predicted molar refractivity (Wildman–Crippen MR) is 76.9 cm³/mol. The molecule has 0 atom stereocenters. The Balaban J connectivity index is 2.75. The van der Waals surface area contributed by atoms with Crippen LogP contribution < -0.4 is 14.2 Å². The molecule has 0 radical (unpaired) electrons. The molecule has 2 aromatic carbocycles. The molecule has 4 heteroatoms. The summed E-state index contributed by atoms with van der Waals surface area (Å²) >= 11 is 0. The average molecular weight is 272 g/mol. The van der Waals surface area contributed by atoms with Crippen molar-refractivity contribution in [1.82, 2.24) is 0 Å². The van der Waals surface area contributed by atoms with Crippen molar-refractivity contribution in [2.75, 3.05) is 21.3 Å². The summed E-state index contributed by atoms with van der Waals surface area (Å²) in [5, 5.41) is 0. The van der Waals surface area contributed by atoms with Crippen molar-refractivity contribution in [3.8, 4) is 28.4 Å². The van der Waals surface area contributed by atoms with Gasteiger partial charge in [-0.25, -0.2) is 0 Å². The molecule has 0 aliphatic carbocycles. The number of hydrogen-bond donors (Lipinski definition) is 0. The fourth-order valence-electron chi connectivity index (χ4n) is 2.11. The van der Waals surface area contributed by atoms with Crippen LogP contribution in [-0.4, -0.2) is 27.6 Å². The molecule has 0 saturated carbocycles. The van der Waals surface area contributed by atoms with Crippen molar-refractivity contribution in [3.05, 3.63) is 42.0 Å². The van der Waals surface area contributed by atoms with E-state index in [4.69, 9.17) is 14.2 Å². The van der Waals surface area contributed by atoms with Gasteiger partial charge in [0.25, 0.3) is 0 Å². The van der Waals surface area contributed by atoms with Gasteiger partial charge in [-0.15, -0.1) is 0 Å². The number of carbonyl (C=O) groups excluding carboxylic acids is 1. The van der Waals surface area contributed by atoms with E-state index in [-0.39, 0.29) is 0 Å². The van der Waals surface area contributed by atoms with Crippen LogP contribution in [0.2, 0.25) is 0 Å². The van der Waals surface area contributed by atoms with E-state index in [0.29, 0.717) is 22.8 Å². The van der Waals surface area contributed by atoms with E-state index in [2.05, 4.69) is 0 Å². The maximum Gasteiger partial charge on any atom is 0.150 e. The van der Waals surface area contributed by atoms with Crippen molar-refractivity contribution in [2.24, 2.45) is 0 Å². The maximum atomic E-state index is 11.0. The Morgan fingerprint density at radius 2 is 1.45 bits per heavy atom. The van der Waals surface area contributed by atoms with Gasteiger partial charge in [0.1, 0.15) is 23.5 Å². The van der Waals surface area contributed by atoms with Crippen molar-refractivity contribution < 1.29 is 19.0 Å². The highest BCUT2D eigenvalue weighted by molar-refractivity contribution is 5.86. The lowest BCUT2D eigenvalue weighted by Crippen LogP contribution is -1.96. The standard InChI is InChI=1S/C16H16O4/c1-18-13-8-7-11(10-17)9-12(13)16-14(19-2)5-4-6-15(16)20-3/h4-10H,1-3H3. The third-order valence-electron chi connectivity index (χ3n) is 3.06. The summed E-state index contributed by atoms with van der Waals surface area (Å²) in [7, 11) is 4.77. The van der Waals surface area contributed by atoms with Gasteiger partial charge >= 0.3 is 0 Å². The smallest absolute Gasteiger partial charge is 0.150 e. The van der Waals surface area contributed by atoms with Gasteiger partial charge in [-0.2, -0.15) is 0 Å². The summed E-state index contributed by atoms with van der Waals surface area (Å²) < 4.78 is 16.2. The minimum absolute atomic E-state index is 0.564. The molecule has 0 heterocycles. The van der Waals surface area contributed by atoms with Gasteiger partial charge in [0.2, 0.25) is 0 Å². The topological polar surface area (TPSA) is 44.8 Å². The molecule has 0 spiro atoms. The Morgan fingerprint density at radius 1 is 0.850 bits per heavy atom. The van der Waals surface area contributed by atoms with E-state index < -0.39 is 0 Å². The molecule has 0 amide bonds. The number of benzene rings is 2. The van der Waals surface area contributed by atoms with Crippen LogP contribution in [0, 0.1) is 0 Å². The van der Waals surface area contributed by atoms with Crippen LogP contribution in [-0.2, 0) is 0 Å². The van der Waals surface area contributed by atoms with Crippen molar-refractivity contribution in [2.45, 2.75) is 0 Å². The van der Waals surface area contributed by atoms with E-state index in [0.717, 1.165) is 17.4 Å². The minimum atomic E-state index is 0.564. The first-order valence-corrected chi connectivity index (χ1v) is 6.09. The Labute approximate surface area is 117 Å². The second-order valence-electron chi connectivity index (χ2n) is 4.12. The van der Waals surface area contributed by atoms with Crippen molar-refractivity contribution in [1.29, 1.82) is 0 Å². The lowest BCUT2D eigenvalue weighted by atomic mass is 10.00. The molecule has 0 N–H and O–H groups in total. The summed E-state index contributed by atoms with van der Waals surface area (Å²) in [6.07, 6.45) is 0.796. The summed E-state index contributed by atoms with van der Waals surface area (Å²) in [5.74, 6) is 1.97. The average Bonchev–Trinajstić information content (AvgIpc) is 2.53. The Hall–Kier alpha value is -2.49. The number of ether oxygens (including phenoxy) is 3. The van der Waals surface area contributed by atoms with E-state index in [1.54, 1.807) is 39.5 Å². The van der Waals surface area contributed by atoms with Crippen LogP contribution >= 0.6 is 0 Å². The molecule has 0 aliphatic rings. The molecule has 104 valence electrons. The van der Waals surface area contributed by atoms with Crippen molar-refractivity contribution >= 4 is 6.29 Å². The molecule has 0 saturated heterocycles. The van der Waals surface area contributed by atoms with Gasteiger partial charge in [0.05, 0.1) is 26.9 Å². The van der Waals surface area contributed by atoms with Crippen LogP contribution in [0.3, 0.4) is 0 Å². The molecule has 20 heavy (non-hydrogen) atoms. The van der Waals surface area contributed by atoms with E-state index in [1.165, 1.54) is 0 Å². The highest BCUT2D eigenvalue weighted by Gasteiger charge is 2.16. The minimum Gasteiger partial charge on any atom is -0.496 e. The molecule has 0 aromatic heterocycles. The summed E-state index contributed by atoms with van der Waals surface area (Å²) in [5.41, 5.74) is 2.08. The fourth-order valence-corrected chi connectivity index (χ4v) is 2.11. The first-order valence-electron chi connectivity index (χ1n) is 6.09. The van der Waals surface area contributed by atoms with Gasteiger partial charge in [-0.3, -0.25) is 4.79 Å². The van der Waals surface area contributed by atoms with Crippen LogP contribution in [0.15, 0.2) is 36.4 Å². The molecular formula is C16H16O4. The van der Waals surface area contributed by atoms with Gasteiger partial charge < -0.3 is 14.2 Å². The largest absolute Gasteiger partial charge is 0.496 e. The Morgan fingerprint density at radius 3 is 1.95 bits per heavy atom.